The summed E-state index contributed by atoms with van der Waals surface area (Å²) in [6.07, 6.45) is 0.191. The van der Waals surface area contributed by atoms with Crippen molar-refractivity contribution in [2.45, 2.75) is 36.1 Å². The van der Waals surface area contributed by atoms with E-state index in [-0.39, 0.29) is 18.2 Å². The first-order valence-electron chi connectivity index (χ1n) is 8.81. The van der Waals surface area contributed by atoms with E-state index in [0.717, 1.165) is 4.47 Å². The zero-order chi connectivity index (χ0) is 20.6. The lowest BCUT2D eigenvalue weighted by atomic mass is 9.78. The Bertz CT molecular complexity index is 926. The zero-order valence-corrected chi connectivity index (χ0v) is 18.6. The van der Waals surface area contributed by atoms with Gasteiger partial charge in [0.15, 0.2) is 9.74 Å². The van der Waals surface area contributed by atoms with Gasteiger partial charge in [-0.25, -0.2) is 0 Å². The summed E-state index contributed by atoms with van der Waals surface area (Å²) in [7, 11) is 4.53. The number of hydrogen-bond donors (Lipinski definition) is 0. The van der Waals surface area contributed by atoms with Crippen LogP contribution in [0.2, 0.25) is 0 Å². The number of likely N-dealkylation sites (N-methyl/N-ethyl adjacent to an activating group) is 1. The van der Waals surface area contributed by atoms with Crippen LogP contribution in [0.25, 0.3) is 0 Å². The van der Waals surface area contributed by atoms with Crippen LogP contribution in [0, 0.1) is 5.41 Å². The van der Waals surface area contributed by atoms with Crippen LogP contribution in [-0.4, -0.2) is 58.6 Å². The minimum atomic E-state index is -1.11. The summed E-state index contributed by atoms with van der Waals surface area (Å²) in [6, 6.07) is 4.75. The molecule has 3 aliphatic rings. The first kappa shape index (κ1) is 19.6. The minimum Gasteiger partial charge on any atom is -0.497 e. The van der Waals surface area contributed by atoms with Gasteiger partial charge >= 0.3 is 5.97 Å². The van der Waals surface area contributed by atoms with E-state index < -0.39 is 27.2 Å². The van der Waals surface area contributed by atoms with Gasteiger partial charge in [0.2, 0.25) is 0 Å². The number of benzene rings is 1. The molecule has 7 nitrogen and oxygen atoms in total. The van der Waals surface area contributed by atoms with Crippen LogP contribution in [0.3, 0.4) is 0 Å². The number of ether oxygens (including phenoxy) is 2. The summed E-state index contributed by atoms with van der Waals surface area (Å²) >= 11 is 4.87. The lowest BCUT2D eigenvalue weighted by molar-refractivity contribution is -0.160. The fourth-order valence-corrected chi connectivity index (χ4v) is 7.19. The van der Waals surface area contributed by atoms with Gasteiger partial charge in [0, 0.05) is 17.9 Å². The van der Waals surface area contributed by atoms with Gasteiger partial charge in [-0.2, -0.15) is 0 Å². The molecule has 1 aromatic rings. The Labute approximate surface area is 175 Å². The quantitative estimate of drug-likeness (QED) is 0.634. The molecule has 2 amide bonds. The van der Waals surface area contributed by atoms with Crippen molar-refractivity contribution in [2.75, 3.05) is 21.3 Å². The lowest BCUT2D eigenvalue weighted by Crippen LogP contribution is -2.60. The van der Waals surface area contributed by atoms with E-state index in [1.807, 2.05) is 6.07 Å². The van der Waals surface area contributed by atoms with Crippen LogP contribution in [0.4, 0.5) is 0 Å². The number of nitrogens with zero attached hydrogens (tertiary/aromatic N) is 2. The molecule has 0 radical (unpaired) electrons. The average Bonchev–Trinajstić information content (AvgIpc) is 3.14. The second kappa shape index (κ2) is 5.89. The number of hydrogen-bond acceptors (Lipinski definition) is 6. The number of methoxy groups -OCH3 is 2. The van der Waals surface area contributed by atoms with Crippen molar-refractivity contribution in [1.29, 1.82) is 0 Å². The number of carbonyl (C=O) groups is 3. The van der Waals surface area contributed by atoms with Crippen molar-refractivity contribution in [2.24, 2.45) is 5.41 Å². The fourth-order valence-electron chi connectivity index (χ4n) is 4.78. The molecule has 28 heavy (non-hydrogen) atoms. The van der Waals surface area contributed by atoms with Gasteiger partial charge in [-0.3, -0.25) is 14.4 Å². The largest absolute Gasteiger partial charge is 0.497 e. The van der Waals surface area contributed by atoms with Crippen LogP contribution in [-0.2, 0) is 19.1 Å². The summed E-state index contributed by atoms with van der Waals surface area (Å²) in [6.45, 7) is 3.53. The van der Waals surface area contributed by atoms with Crippen LogP contribution in [0.1, 0.15) is 31.9 Å². The molecule has 3 heterocycles. The number of fused-ring (bicyclic) bond motifs is 1. The highest BCUT2D eigenvalue weighted by Gasteiger charge is 2.80. The van der Waals surface area contributed by atoms with Crippen molar-refractivity contribution in [3.63, 3.8) is 0 Å². The molecule has 9 heteroatoms. The van der Waals surface area contributed by atoms with Crippen LogP contribution < -0.4 is 4.74 Å². The Morgan fingerprint density at radius 2 is 1.93 bits per heavy atom. The SMILES string of the molecule is COC(=O)[C@@]1(C)C[C@@]23S[C@@](C)(C(=O)N2C1c1cc(OC)ccc1Br)N(C)C3=O. The van der Waals surface area contributed by atoms with E-state index in [9.17, 15) is 14.4 Å². The van der Waals surface area contributed by atoms with Gasteiger partial charge in [0.1, 0.15) is 5.75 Å². The molecular weight excluding hydrogens is 448 g/mol. The molecule has 1 spiro atoms. The number of rotatable bonds is 3. The molecule has 0 aromatic heterocycles. The topological polar surface area (TPSA) is 76.2 Å². The summed E-state index contributed by atoms with van der Waals surface area (Å²) in [5, 5.41) is 0. The maximum atomic E-state index is 13.5. The predicted octanol–water partition coefficient (Wildman–Crippen LogP) is 2.54. The van der Waals surface area contributed by atoms with Gasteiger partial charge in [-0.1, -0.05) is 27.7 Å². The smallest absolute Gasteiger partial charge is 0.314 e. The Kier molecular flexibility index (Phi) is 4.11. The predicted molar refractivity (Wildman–Crippen MR) is 107 cm³/mol. The molecule has 0 saturated carbocycles. The molecular formula is C19H21BrN2O5S. The minimum absolute atomic E-state index is 0.156. The molecule has 2 bridgehead atoms. The van der Waals surface area contributed by atoms with Gasteiger partial charge in [-0.05, 0) is 37.6 Å². The molecule has 4 atom stereocenters. The normalized spacial score (nSPS) is 36.1. The maximum Gasteiger partial charge on any atom is 0.314 e. The van der Waals surface area contributed by atoms with Gasteiger partial charge in [0.25, 0.3) is 11.8 Å². The highest BCUT2D eigenvalue weighted by atomic mass is 79.9. The Hall–Kier alpha value is -1.74. The van der Waals surface area contributed by atoms with Gasteiger partial charge in [0.05, 0.1) is 25.7 Å². The Balaban J connectivity index is 1.97. The number of thioether (sulfide) groups is 1. The van der Waals surface area contributed by atoms with Crippen molar-refractivity contribution in [3.8, 4) is 5.75 Å². The number of halogens is 1. The standard InChI is InChI=1S/C19H21BrN2O5S/c1-17(16(25)27-5)9-19-15(24)21(3)18(2,28-19)14(23)22(19)13(17)11-8-10(26-4)6-7-12(11)20/h6-8,13H,9H2,1-5H3/t13?,17-,18-,19-/m0/s1. The molecule has 3 aliphatic heterocycles. The highest BCUT2D eigenvalue weighted by Crippen LogP contribution is 2.70. The molecule has 150 valence electrons. The maximum absolute atomic E-state index is 13.5. The fraction of sp³-hybridized carbons (Fsp3) is 0.526. The van der Waals surface area contributed by atoms with E-state index in [1.54, 1.807) is 45.0 Å². The summed E-state index contributed by atoms with van der Waals surface area (Å²) < 4.78 is 11.2. The molecule has 3 fully saturated rings. The number of carbonyl (C=O) groups excluding carboxylic acids is 3. The third kappa shape index (κ3) is 2.09. The second-order valence-electron chi connectivity index (χ2n) is 7.78. The van der Waals surface area contributed by atoms with Crippen LogP contribution in [0.5, 0.6) is 5.75 Å². The average molecular weight is 469 g/mol. The van der Waals surface area contributed by atoms with E-state index in [2.05, 4.69) is 15.9 Å². The van der Waals surface area contributed by atoms with Crippen molar-refractivity contribution < 1.29 is 23.9 Å². The van der Waals surface area contributed by atoms with Crippen LogP contribution in [0.15, 0.2) is 22.7 Å². The van der Waals surface area contributed by atoms with Gasteiger partial charge < -0.3 is 19.3 Å². The lowest BCUT2D eigenvalue weighted by Gasteiger charge is -2.40. The summed E-state index contributed by atoms with van der Waals surface area (Å²) in [5.41, 5.74) is -0.376. The van der Waals surface area contributed by atoms with Crippen molar-refractivity contribution >= 4 is 45.5 Å². The van der Waals surface area contributed by atoms with E-state index in [0.29, 0.717) is 11.3 Å². The molecule has 4 rings (SSSR count). The van der Waals surface area contributed by atoms with E-state index in [4.69, 9.17) is 9.47 Å². The molecule has 1 aromatic carbocycles. The molecule has 0 N–H and O–H groups in total. The third-order valence-corrected chi connectivity index (χ3v) is 8.69. The summed E-state index contributed by atoms with van der Waals surface area (Å²) in [5.74, 6) is -0.179. The first-order valence-corrected chi connectivity index (χ1v) is 10.4. The number of amides is 2. The highest BCUT2D eigenvalue weighted by molar-refractivity contribution is 9.10. The first-order chi connectivity index (χ1) is 13.1. The monoisotopic (exact) mass is 468 g/mol. The van der Waals surface area contributed by atoms with Crippen molar-refractivity contribution in [1.82, 2.24) is 9.80 Å². The second-order valence-corrected chi connectivity index (χ2v) is 10.3. The third-order valence-electron chi connectivity index (χ3n) is 6.27. The number of piperazine rings is 1. The van der Waals surface area contributed by atoms with Gasteiger partial charge in [-0.15, -0.1) is 0 Å². The van der Waals surface area contributed by atoms with E-state index in [1.165, 1.54) is 23.8 Å². The molecule has 3 saturated heterocycles. The molecule has 1 unspecified atom stereocenters. The zero-order valence-electron chi connectivity index (χ0n) is 16.2. The Morgan fingerprint density at radius 1 is 1.25 bits per heavy atom. The van der Waals surface area contributed by atoms with Crippen LogP contribution >= 0.6 is 27.7 Å². The van der Waals surface area contributed by atoms with E-state index >= 15 is 0 Å². The van der Waals surface area contributed by atoms with Crippen molar-refractivity contribution in [3.05, 3.63) is 28.2 Å². The Morgan fingerprint density at radius 3 is 2.54 bits per heavy atom. The number of esters is 1. The molecule has 0 aliphatic carbocycles. The summed E-state index contributed by atoms with van der Waals surface area (Å²) in [4.78, 5) is 40.6.